The Morgan fingerprint density at radius 2 is 1.04 bits per heavy atom. The van der Waals surface area contributed by atoms with Crippen LogP contribution >= 0.6 is 22.7 Å². The predicted molar refractivity (Wildman–Crippen MR) is 92.8 cm³/mol. The van der Waals surface area contributed by atoms with Crippen molar-refractivity contribution in [2.45, 2.75) is 0 Å². The molecule has 0 spiro atoms. The van der Waals surface area contributed by atoms with Crippen LogP contribution in [0.1, 0.15) is 0 Å². The van der Waals surface area contributed by atoms with Crippen LogP contribution in [0.5, 0.6) is 23.0 Å². The van der Waals surface area contributed by atoms with Gasteiger partial charge < -0.3 is 20.4 Å². The Hall–Kier alpha value is -2.84. The molecule has 0 unspecified atom stereocenters. The third-order valence-corrected chi connectivity index (χ3v) is 5.49. The van der Waals surface area contributed by atoms with Crippen LogP contribution in [0.4, 0.5) is 0 Å². The van der Waals surface area contributed by atoms with E-state index in [1.165, 1.54) is 46.9 Å². The molecule has 2 aromatic heterocycles. The first-order valence-corrected chi connectivity index (χ1v) is 8.46. The number of rotatable bonds is 2. The molecule has 24 heavy (non-hydrogen) atoms. The van der Waals surface area contributed by atoms with E-state index in [2.05, 4.69) is 9.97 Å². The van der Waals surface area contributed by atoms with E-state index in [1.54, 1.807) is 12.1 Å². The van der Waals surface area contributed by atoms with Gasteiger partial charge in [-0.1, -0.05) is 22.7 Å². The fraction of sp³-hybridized carbons (Fsp3) is 0. The molecule has 4 rings (SSSR count). The monoisotopic (exact) mass is 358 g/mol. The van der Waals surface area contributed by atoms with Crippen molar-refractivity contribution in [3.8, 4) is 44.1 Å². The zero-order valence-corrected chi connectivity index (χ0v) is 13.6. The normalized spacial score (nSPS) is 11.2. The molecule has 0 aliphatic carbocycles. The fourth-order valence-electron chi connectivity index (χ4n) is 2.27. The number of benzene rings is 2. The van der Waals surface area contributed by atoms with Crippen LogP contribution in [0, 0.1) is 0 Å². The first-order chi connectivity index (χ1) is 11.5. The first kappa shape index (κ1) is 14.7. The molecule has 6 nitrogen and oxygen atoms in total. The Kier molecular flexibility index (Phi) is 3.29. The number of nitrogens with zero attached hydrogens (tertiary/aromatic N) is 2. The molecule has 8 heteroatoms. The third-order valence-electron chi connectivity index (χ3n) is 3.40. The van der Waals surface area contributed by atoms with Crippen LogP contribution in [-0.2, 0) is 0 Å². The number of hydrogen-bond acceptors (Lipinski definition) is 8. The van der Waals surface area contributed by atoms with Crippen LogP contribution in [0.2, 0.25) is 0 Å². The molecule has 2 heterocycles. The van der Waals surface area contributed by atoms with Crippen LogP contribution in [-0.4, -0.2) is 30.4 Å². The van der Waals surface area contributed by atoms with Crippen molar-refractivity contribution in [2.75, 3.05) is 0 Å². The summed E-state index contributed by atoms with van der Waals surface area (Å²) in [6, 6.07) is 8.69. The Bertz CT molecular complexity index is 959. The lowest BCUT2D eigenvalue weighted by atomic mass is 10.2. The molecule has 0 saturated carbocycles. The molecular weight excluding hydrogens is 348 g/mol. The number of hydrogen-bond donors (Lipinski definition) is 4. The van der Waals surface area contributed by atoms with Gasteiger partial charge in [0.05, 0.1) is 11.1 Å². The third kappa shape index (κ3) is 2.41. The van der Waals surface area contributed by atoms with Gasteiger partial charge in [0.25, 0.3) is 0 Å². The van der Waals surface area contributed by atoms with Gasteiger partial charge in [-0.3, -0.25) is 0 Å². The molecule has 120 valence electrons. The summed E-state index contributed by atoms with van der Waals surface area (Å²) in [6.45, 7) is 0. The summed E-state index contributed by atoms with van der Waals surface area (Å²) in [5.41, 5.74) is 1.05. The summed E-state index contributed by atoms with van der Waals surface area (Å²) >= 11 is 2.62. The van der Waals surface area contributed by atoms with E-state index in [0.717, 1.165) is 0 Å². The maximum Gasteiger partial charge on any atom is 0.155 e. The molecule has 0 bridgehead atoms. The fourth-order valence-corrected chi connectivity index (χ4v) is 4.38. The Balaban J connectivity index is 1.78. The zero-order valence-electron chi connectivity index (χ0n) is 12.0. The molecule has 0 saturated heterocycles. The average molecular weight is 358 g/mol. The lowest BCUT2D eigenvalue weighted by Crippen LogP contribution is -1.78. The summed E-state index contributed by atoms with van der Waals surface area (Å²) in [4.78, 5) is 10.3. The number of phenolic OH excluding ortho intramolecular Hbond substituents is 4. The van der Waals surface area contributed by atoms with Crippen molar-refractivity contribution in [1.29, 1.82) is 0 Å². The van der Waals surface area contributed by atoms with E-state index >= 15 is 0 Å². The smallest absolute Gasteiger partial charge is 0.155 e. The van der Waals surface area contributed by atoms with E-state index in [4.69, 9.17) is 0 Å². The summed E-state index contributed by atoms with van der Waals surface area (Å²) in [7, 11) is 0. The number of thiazole rings is 2. The molecule has 0 aliphatic rings. The molecule has 0 fully saturated rings. The topological polar surface area (TPSA) is 107 Å². The number of aromatic nitrogens is 2. The predicted octanol–water partition coefficient (Wildman–Crippen LogP) is 3.91. The minimum atomic E-state index is -0.0483. The quantitative estimate of drug-likeness (QED) is 0.433. The summed E-state index contributed by atoms with van der Waals surface area (Å²) < 4.78 is 0. The van der Waals surface area contributed by atoms with Crippen molar-refractivity contribution >= 4 is 32.3 Å². The molecular formula is C16H10N2O4S2. The molecule has 4 aromatic rings. The second-order valence-electron chi connectivity index (χ2n) is 5.05. The molecule has 4 N–H and O–H groups in total. The highest BCUT2D eigenvalue weighted by Crippen LogP contribution is 2.41. The SMILES string of the molecule is Oc1ccc(-c2nc3sc(-c4ccc(O)cc4O)nc3s2)c(O)c1. The van der Waals surface area contributed by atoms with Gasteiger partial charge in [0.15, 0.2) is 9.66 Å². The first-order valence-electron chi connectivity index (χ1n) is 6.83. The highest BCUT2D eigenvalue weighted by atomic mass is 32.1. The molecule has 2 aromatic carbocycles. The maximum atomic E-state index is 9.94. The van der Waals surface area contributed by atoms with E-state index in [-0.39, 0.29) is 23.0 Å². The molecule has 0 radical (unpaired) electrons. The molecule has 0 amide bonds. The standard InChI is InChI=1S/C16H10N2O4S2/c19-7-1-3-9(11(21)5-7)13-17-15-16(23-13)18-14(24-15)10-4-2-8(20)6-12(10)22/h1-6,19-22H. The second kappa shape index (κ2) is 5.36. The largest absolute Gasteiger partial charge is 0.508 e. The van der Waals surface area contributed by atoms with Gasteiger partial charge in [-0.15, -0.1) is 0 Å². The Morgan fingerprint density at radius 1 is 0.625 bits per heavy atom. The van der Waals surface area contributed by atoms with Gasteiger partial charge in [0.2, 0.25) is 0 Å². The minimum absolute atomic E-state index is 0.0159. The number of phenols is 4. The van der Waals surface area contributed by atoms with E-state index in [1.807, 2.05) is 0 Å². The Labute approximate surface area is 143 Å². The summed E-state index contributed by atoms with van der Waals surface area (Å²) in [5, 5.41) is 39.8. The average Bonchev–Trinajstić information content (AvgIpc) is 3.05. The van der Waals surface area contributed by atoms with Crippen molar-refractivity contribution in [3.63, 3.8) is 0 Å². The van der Waals surface area contributed by atoms with Gasteiger partial charge in [0, 0.05) is 12.1 Å². The van der Waals surface area contributed by atoms with Crippen LogP contribution in [0.25, 0.3) is 30.8 Å². The van der Waals surface area contributed by atoms with E-state index in [0.29, 0.717) is 30.8 Å². The summed E-state index contributed by atoms with van der Waals surface area (Å²) in [5.74, 6) is -0.128. The lowest BCUT2D eigenvalue weighted by molar-refractivity contribution is 0.451. The van der Waals surface area contributed by atoms with Crippen LogP contribution in [0.15, 0.2) is 36.4 Å². The maximum absolute atomic E-state index is 9.94. The van der Waals surface area contributed by atoms with Gasteiger partial charge in [-0.25, -0.2) is 9.97 Å². The van der Waals surface area contributed by atoms with Crippen molar-refractivity contribution in [3.05, 3.63) is 36.4 Å². The highest BCUT2D eigenvalue weighted by molar-refractivity contribution is 7.29. The van der Waals surface area contributed by atoms with Gasteiger partial charge in [-0.05, 0) is 24.3 Å². The van der Waals surface area contributed by atoms with Gasteiger partial charge >= 0.3 is 0 Å². The van der Waals surface area contributed by atoms with E-state index < -0.39 is 0 Å². The van der Waals surface area contributed by atoms with Crippen molar-refractivity contribution in [1.82, 2.24) is 9.97 Å². The van der Waals surface area contributed by atoms with Gasteiger partial charge in [-0.2, -0.15) is 0 Å². The van der Waals surface area contributed by atoms with Gasteiger partial charge in [0.1, 0.15) is 33.0 Å². The van der Waals surface area contributed by atoms with Crippen molar-refractivity contribution in [2.24, 2.45) is 0 Å². The van der Waals surface area contributed by atoms with E-state index in [9.17, 15) is 20.4 Å². The molecule has 0 aliphatic heterocycles. The summed E-state index contributed by atoms with van der Waals surface area (Å²) in [6.07, 6.45) is 0. The zero-order chi connectivity index (χ0) is 16.8. The number of fused-ring (bicyclic) bond motifs is 1. The highest BCUT2D eigenvalue weighted by Gasteiger charge is 2.17. The Morgan fingerprint density at radius 3 is 1.42 bits per heavy atom. The number of aromatic hydroxyl groups is 4. The minimum Gasteiger partial charge on any atom is -0.508 e. The van der Waals surface area contributed by atoms with Crippen LogP contribution < -0.4 is 0 Å². The second-order valence-corrected chi connectivity index (χ2v) is 7.01. The lowest BCUT2D eigenvalue weighted by Gasteiger charge is -2.01. The van der Waals surface area contributed by atoms with Crippen molar-refractivity contribution < 1.29 is 20.4 Å². The molecule has 0 atom stereocenters. The van der Waals surface area contributed by atoms with Crippen LogP contribution in [0.3, 0.4) is 0 Å².